The lowest BCUT2D eigenvalue weighted by Crippen LogP contribution is -2.21. The third-order valence-corrected chi connectivity index (χ3v) is 4.46. The van der Waals surface area contributed by atoms with Crippen molar-refractivity contribution in [3.63, 3.8) is 0 Å². The summed E-state index contributed by atoms with van der Waals surface area (Å²) in [5.41, 5.74) is 1.40. The molecule has 1 fully saturated rings. The van der Waals surface area contributed by atoms with Gasteiger partial charge in [-0.1, -0.05) is 36.4 Å². The Kier molecular flexibility index (Phi) is 2.62. The van der Waals surface area contributed by atoms with Gasteiger partial charge in [-0.05, 0) is 29.3 Å². The number of thioether (sulfide) groups is 1. The molecule has 2 aromatic rings. The Balaban J connectivity index is 1.99. The van der Waals surface area contributed by atoms with Crippen molar-refractivity contribution in [2.75, 3.05) is 5.75 Å². The molecule has 1 nitrogen and oxygen atoms in total. The zero-order valence-electron chi connectivity index (χ0n) is 9.31. The predicted octanol–water partition coefficient (Wildman–Crippen LogP) is 3.56. The molecule has 1 aliphatic heterocycles. The van der Waals surface area contributed by atoms with Crippen LogP contribution in [0.15, 0.2) is 42.5 Å². The Labute approximate surface area is 100 Å². The van der Waals surface area contributed by atoms with Crippen LogP contribution in [0, 0.1) is 0 Å². The van der Waals surface area contributed by atoms with Gasteiger partial charge >= 0.3 is 0 Å². The van der Waals surface area contributed by atoms with Crippen molar-refractivity contribution in [3.05, 3.63) is 48.0 Å². The van der Waals surface area contributed by atoms with Gasteiger partial charge in [-0.15, -0.1) is 11.8 Å². The molecule has 82 valence electrons. The lowest BCUT2D eigenvalue weighted by molar-refractivity contribution is 0.618. The molecular formula is C14H15NS. The monoisotopic (exact) mass is 229 g/mol. The van der Waals surface area contributed by atoms with Crippen LogP contribution in [-0.2, 0) is 0 Å². The van der Waals surface area contributed by atoms with Crippen LogP contribution in [0.3, 0.4) is 0 Å². The fraction of sp³-hybridized carbons (Fsp3) is 0.286. The molecule has 0 radical (unpaired) electrons. The molecule has 0 amide bonds. The second-order valence-electron chi connectivity index (χ2n) is 4.39. The Morgan fingerprint density at radius 1 is 1.12 bits per heavy atom. The quantitative estimate of drug-likeness (QED) is 0.802. The summed E-state index contributed by atoms with van der Waals surface area (Å²) in [7, 11) is 0. The van der Waals surface area contributed by atoms with E-state index in [4.69, 9.17) is 0 Å². The highest BCUT2D eigenvalue weighted by Crippen LogP contribution is 2.33. The van der Waals surface area contributed by atoms with Gasteiger partial charge in [0.1, 0.15) is 0 Å². The number of hydrogen-bond donors (Lipinski definition) is 1. The van der Waals surface area contributed by atoms with Gasteiger partial charge in [0.05, 0.1) is 5.37 Å². The SMILES string of the molecule is CC1CSC(c2ccc3ccccc3c2)N1. The first-order valence-corrected chi connectivity index (χ1v) is 6.74. The third kappa shape index (κ3) is 1.83. The zero-order chi connectivity index (χ0) is 11.0. The number of fused-ring (bicyclic) bond motifs is 1. The zero-order valence-corrected chi connectivity index (χ0v) is 10.1. The summed E-state index contributed by atoms with van der Waals surface area (Å²) in [4.78, 5) is 0. The third-order valence-electron chi connectivity index (χ3n) is 3.03. The minimum absolute atomic E-state index is 0.472. The van der Waals surface area contributed by atoms with Crippen molar-refractivity contribution in [1.82, 2.24) is 5.32 Å². The Morgan fingerprint density at radius 3 is 2.69 bits per heavy atom. The first-order valence-electron chi connectivity index (χ1n) is 5.69. The van der Waals surface area contributed by atoms with Crippen molar-refractivity contribution >= 4 is 22.5 Å². The molecule has 3 rings (SSSR count). The minimum Gasteiger partial charge on any atom is -0.298 e. The average molecular weight is 229 g/mol. The largest absolute Gasteiger partial charge is 0.298 e. The Morgan fingerprint density at radius 2 is 1.94 bits per heavy atom. The highest BCUT2D eigenvalue weighted by atomic mass is 32.2. The van der Waals surface area contributed by atoms with E-state index in [0.29, 0.717) is 11.4 Å². The summed E-state index contributed by atoms with van der Waals surface area (Å²) in [6, 6.07) is 15.9. The Bertz CT molecular complexity index is 509. The second kappa shape index (κ2) is 4.11. The van der Waals surface area contributed by atoms with Gasteiger partial charge in [-0.25, -0.2) is 0 Å². The standard InChI is InChI=1S/C14H15NS/c1-10-9-16-14(15-10)13-7-6-11-4-2-3-5-12(11)8-13/h2-8,10,14-15H,9H2,1H3. The van der Waals surface area contributed by atoms with Crippen LogP contribution >= 0.6 is 11.8 Å². The molecule has 1 aliphatic rings. The van der Waals surface area contributed by atoms with E-state index in [1.54, 1.807) is 0 Å². The minimum atomic E-state index is 0.472. The first-order chi connectivity index (χ1) is 7.83. The van der Waals surface area contributed by atoms with E-state index >= 15 is 0 Å². The topological polar surface area (TPSA) is 12.0 Å². The number of rotatable bonds is 1. The second-order valence-corrected chi connectivity index (χ2v) is 5.53. The molecule has 0 aromatic heterocycles. The van der Waals surface area contributed by atoms with Crippen LogP contribution in [0.5, 0.6) is 0 Å². The van der Waals surface area contributed by atoms with Crippen LogP contribution in [0.1, 0.15) is 17.9 Å². The summed E-state index contributed by atoms with van der Waals surface area (Å²) in [6.45, 7) is 2.24. The summed E-state index contributed by atoms with van der Waals surface area (Å²) in [6.07, 6.45) is 0. The molecule has 1 N–H and O–H groups in total. The molecule has 0 aliphatic carbocycles. The van der Waals surface area contributed by atoms with E-state index in [2.05, 4.69) is 54.7 Å². The van der Waals surface area contributed by atoms with Gasteiger partial charge in [0.2, 0.25) is 0 Å². The highest BCUT2D eigenvalue weighted by molar-refractivity contribution is 7.99. The molecule has 2 aromatic carbocycles. The summed E-state index contributed by atoms with van der Waals surface area (Å²) >= 11 is 2.00. The fourth-order valence-electron chi connectivity index (χ4n) is 2.16. The lowest BCUT2D eigenvalue weighted by atomic mass is 10.1. The molecule has 1 saturated heterocycles. The van der Waals surface area contributed by atoms with E-state index in [9.17, 15) is 0 Å². The Hall–Kier alpha value is -0.990. The molecule has 2 unspecified atom stereocenters. The van der Waals surface area contributed by atoms with Crippen LogP contribution in [0.25, 0.3) is 10.8 Å². The summed E-state index contributed by atoms with van der Waals surface area (Å²) in [5, 5.41) is 6.73. The smallest absolute Gasteiger partial charge is 0.0792 e. The number of benzene rings is 2. The van der Waals surface area contributed by atoms with Crippen molar-refractivity contribution in [2.45, 2.75) is 18.3 Å². The van der Waals surface area contributed by atoms with Crippen LogP contribution in [0.4, 0.5) is 0 Å². The highest BCUT2D eigenvalue weighted by Gasteiger charge is 2.22. The van der Waals surface area contributed by atoms with Crippen molar-refractivity contribution in [3.8, 4) is 0 Å². The van der Waals surface area contributed by atoms with Gasteiger partial charge in [-0.3, -0.25) is 5.32 Å². The predicted molar refractivity (Wildman–Crippen MR) is 71.7 cm³/mol. The van der Waals surface area contributed by atoms with E-state index < -0.39 is 0 Å². The van der Waals surface area contributed by atoms with Gasteiger partial charge in [0.15, 0.2) is 0 Å². The van der Waals surface area contributed by atoms with E-state index in [1.807, 2.05) is 11.8 Å². The van der Waals surface area contributed by atoms with Gasteiger partial charge in [0.25, 0.3) is 0 Å². The van der Waals surface area contributed by atoms with E-state index in [-0.39, 0.29) is 0 Å². The van der Waals surface area contributed by atoms with Gasteiger partial charge < -0.3 is 0 Å². The molecule has 2 atom stereocenters. The summed E-state index contributed by atoms with van der Waals surface area (Å²) in [5.74, 6) is 1.21. The molecule has 1 heterocycles. The molecule has 0 saturated carbocycles. The fourth-order valence-corrected chi connectivity index (χ4v) is 3.40. The van der Waals surface area contributed by atoms with Crippen molar-refractivity contribution < 1.29 is 0 Å². The molecular weight excluding hydrogens is 214 g/mol. The molecule has 16 heavy (non-hydrogen) atoms. The maximum Gasteiger partial charge on any atom is 0.0792 e. The average Bonchev–Trinajstić information content (AvgIpc) is 2.75. The van der Waals surface area contributed by atoms with Gasteiger partial charge in [-0.2, -0.15) is 0 Å². The molecule has 0 bridgehead atoms. The normalized spacial score (nSPS) is 25.1. The van der Waals surface area contributed by atoms with Crippen LogP contribution < -0.4 is 5.32 Å². The van der Waals surface area contributed by atoms with Gasteiger partial charge in [0, 0.05) is 11.8 Å². The first kappa shape index (κ1) is 10.2. The lowest BCUT2D eigenvalue weighted by Gasteiger charge is -2.12. The molecule has 0 spiro atoms. The summed E-state index contributed by atoms with van der Waals surface area (Å²) < 4.78 is 0. The number of nitrogens with one attached hydrogen (secondary N) is 1. The maximum atomic E-state index is 3.60. The van der Waals surface area contributed by atoms with Crippen LogP contribution in [0.2, 0.25) is 0 Å². The number of hydrogen-bond acceptors (Lipinski definition) is 2. The van der Waals surface area contributed by atoms with Crippen LogP contribution in [-0.4, -0.2) is 11.8 Å². The maximum absolute atomic E-state index is 3.60. The van der Waals surface area contributed by atoms with Crippen molar-refractivity contribution in [1.29, 1.82) is 0 Å². The van der Waals surface area contributed by atoms with E-state index in [1.165, 1.54) is 22.1 Å². The molecule has 2 heteroatoms. The van der Waals surface area contributed by atoms with E-state index in [0.717, 1.165) is 0 Å². The van der Waals surface area contributed by atoms with Crippen molar-refractivity contribution in [2.24, 2.45) is 0 Å².